The van der Waals surface area contributed by atoms with Gasteiger partial charge >= 0.3 is 0 Å². The summed E-state index contributed by atoms with van der Waals surface area (Å²) in [6.45, 7) is 4.41. The second-order valence-electron chi connectivity index (χ2n) is 5.19. The van der Waals surface area contributed by atoms with Gasteiger partial charge in [-0.1, -0.05) is 13.3 Å². The standard InChI is InChI=1S/C15H24N2S/c1-3-18-14-7-5-13(6-8-14)17-12-15(11-16-2)9-4-10-15/h5-8,16-17H,3-4,9-12H2,1-2H3. The van der Waals surface area contributed by atoms with Gasteiger partial charge in [0.05, 0.1) is 0 Å². The van der Waals surface area contributed by atoms with E-state index in [-0.39, 0.29) is 0 Å². The van der Waals surface area contributed by atoms with Gasteiger partial charge in [0.15, 0.2) is 0 Å². The Hall–Kier alpha value is -0.670. The first-order valence-electron chi connectivity index (χ1n) is 6.89. The fraction of sp³-hybridized carbons (Fsp3) is 0.600. The van der Waals surface area contributed by atoms with Crippen LogP contribution in [0.1, 0.15) is 26.2 Å². The number of benzene rings is 1. The molecule has 0 unspecified atom stereocenters. The Labute approximate surface area is 115 Å². The Kier molecular flexibility index (Phi) is 4.95. The van der Waals surface area contributed by atoms with Crippen LogP contribution in [-0.4, -0.2) is 25.9 Å². The first-order chi connectivity index (χ1) is 8.78. The van der Waals surface area contributed by atoms with Crippen LogP contribution in [0.4, 0.5) is 5.69 Å². The first-order valence-corrected chi connectivity index (χ1v) is 7.88. The highest BCUT2D eigenvalue weighted by Gasteiger charge is 2.35. The molecule has 1 saturated carbocycles. The van der Waals surface area contributed by atoms with Gasteiger partial charge in [-0.2, -0.15) is 0 Å². The molecule has 0 aromatic heterocycles. The molecule has 0 spiro atoms. The molecule has 3 heteroatoms. The van der Waals surface area contributed by atoms with Crippen molar-refractivity contribution in [3.8, 4) is 0 Å². The van der Waals surface area contributed by atoms with Crippen LogP contribution in [-0.2, 0) is 0 Å². The molecule has 2 rings (SSSR count). The van der Waals surface area contributed by atoms with Gasteiger partial charge in [0, 0.05) is 29.1 Å². The molecule has 1 aliphatic rings. The minimum atomic E-state index is 0.492. The van der Waals surface area contributed by atoms with Crippen LogP contribution in [0.2, 0.25) is 0 Å². The molecule has 2 N–H and O–H groups in total. The van der Waals surface area contributed by atoms with Gasteiger partial charge in [-0.25, -0.2) is 0 Å². The normalized spacial score (nSPS) is 17.2. The summed E-state index contributed by atoms with van der Waals surface area (Å²) in [5.41, 5.74) is 1.74. The molecule has 0 radical (unpaired) electrons. The van der Waals surface area contributed by atoms with Crippen LogP contribution >= 0.6 is 11.8 Å². The first kappa shape index (κ1) is 13.8. The molecule has 0 heterocycles. The molecule has 1 fully saturated rings. The van der Waals surface area contributed by atoms with Gasteiger partial charge in [-0.05, 0) is 49.9 Å². The third kappa shape index (κ3) is 3.42. The summed E-state index contributed by atoms with van der Waals surface area (Å²) in [6, 6.07) is 8.82. The van der Waals surface area contributed by atoms with Gasteiger partial charge in [-0.15, -0.1) is 11.8 Å². The number of rotatable bonds is 7. The number of nitrogens with one attached hydrogen (secondary N) is 2. The maximum absolute atomic E-state index is 3.59. The van der Waals surface area contributed by atoms with Crippen molar-refractivity contribution in [2.24, 2.45) is 5.41 Å². The van der Waals surface area contributed by atoms with Crippen molar-refractivity contribution in [1.82, 2.24) is 5.32 Å². The smallest absolute Gasteiger partial charge is 0.0341 e. The van der Waals surface area contributed by atoms with Crippen molar-refractivity contribution < 1.29 is 0 Å². The van der Waals surface area contributed by atoms with Gasteiger partial charge in [-0.3, -0.25) is 0 Å². The Morgan fingerprint density at radius 2 is 1.89 bits per heavy atom. The maximum atomic E-state index is 3.59. The minimum absolute atomic E-state index is 0.492. The van der Waals surface area contributed by atoms with Crippen molar-refractivity contribution in [2.75, 3.05) is 31.2 Å². The number of thioether (sulfide) groups is 1. The molecular weight excluding hydrogens is 240 g/mol. The third-order valence-corrected chi connectivity index (χ3v) is 4.69. The van der Waals surface area contributed by atoms with Gasteiger partial charge in [0.2, 0.25) is 0 Å². The van der Waals surface area contributed by atoms with Crippen molar-refractivity contribution in [2.45, 2.75) is 31.1 Å². The lowest BCUT2D eigenvalue weighted by Gasteiger charge is -2.42. The Balaban J connectivity index is 1.85. The summed E-state index contributed by atoms with van der Waals surface area (Å²) < 4.78 is 0. The molecule has 2 nitrogen and oxygen atoms in total. The average molecular weight is 264 g/mol. The Bertz CT molecular complexity index is 357. The predicted molar refractivity (Wildman–Crippen MR) is 81.5 cm³/mol. The Morgan fingerprint density at radius 3 is 2.39 bits per heavy atom. The average Bonchev–Trinajstić information content (AvgIpc) is 2.35. The molecule has 0 saturated heterocycles. The third-order valence-electron chi connectivity index (χ3n) is 3.80. The van der Waals surface area contributed by atoms with E-state index in [4.69, 9.17) is 0 Å². The second kappa shape index (κ2) is 6.48. The Morgan fingerprint density at radius 1 is 1.17 bits per heavy atom. The second-order valence-corrected chi connectivity index (χ2v) is 6.53. The monoisotopic (exact) mass is 264 g/mol. The van der Waals surface area contributed by atoms with Crippen LogP contribution in [0.5, 0.6) is 0 Å². The molecule has 1 aromatic rings. The van der Waals surface area contributed by atoms with Gasteiger partial charge in [0.25, 0.3) is 0 Å². The van der Waals surface area contributed by atoms with Gasteiger partial charge < -0.3 is 10.6 Å². The molecule has 0 bridgehead atoms. The SMILES string of the molecule is CCSc1ccc(NCC2(CNC)CCC2)cc1. The van der Waals surface area contributed by atoms with E-state index < -0.39 is 0 Å². The highest BCUT2D eigenvalue weighted by atomic mass is 32.2. The highest BCUT2D eigenvalue weighted by Crippen LogP contribution is 2.40. The fourth-order valence-corrected chi connectivity index (χ4v) is 3.25. The predicted octanol–water partition coefficient (Wildman–Crippen LogP) is 3.60. The number of anilines is 1. The van der Waals surface area contributed by atoms with Crippen molar-refractivity contribution in [3.05, 3.63) is 24.3 Å². The molecule has 18 heavy (non-hydrogen) atoms. The zero-order valence-electron chi connectivity index (χ0n) is 11.5. The summed E-state index contributed by atoms with van der Waals surface area (Å²) in [5.74, 6) is 1.14. The summed E-state index contributed by atoms with van der Waals surface area (Å²) in [6.07, 6.45) is 4.09. The molecule has 1 aliphatic carbocycles. The van der Waals surface area contributed by atoms with E-state index >= 15 is 0 Å². The van der Waals surface area contributed by atoms with E-state index in [1.807, 2.05) is 11.8 Å². The van der Waals surface area contributed by atoms with E-state index in [0.717, 1.165) is 18.8 Å². The molecule has 0 atom stereocenters. The summed E-state index contributed by atoms with van der Waals surface area (Å²) in [7, 11) is 2.05. The largest absolute Gasteiger partial charge is 0.384 e. The van der Waals surface area contributed by atoms with Crippen LogP contribution in [0.25, 0.3) is 0 Å². The van der Waals surface area contributed by atoms with Crippen molar-refractivity contribution >= 4 is 17.4 Å². The summed E-state index contributed by atoms with van der Waals surface area (Å²) in [4.78, 5) is 1.36. The topological polar surface area (TPSA) is 24.1 Å². The van der Waals surface area contributed by atoms with E-state index in [9.17, 15) is 0 Å². The lowest BCUT2D eigenvalue weighted by atomic mass is 9.68. The van der Waals surface area contributed by atoms with Crippen LogP contribution < -0.4 is 10.6 Å². The fourth-order valence-electron chi connectivity index (χ4n) is 2.59. The zero-order valence-corrected chi connectivity index (χ0v) is 12.3. The zero-order chi connectivity index (χ0) is 12.8. The van der Waals surface area contributed by atoms with E-state index in [1.165, 1.54) is 29.8 Å². The molecule has 1 aromatic carbocycles. The quantitative estimate of drug-likeness (QED) is 0.736. The molecule has 0 amide bonds. The number of hydrogen-bond donors (Lipinski definition) is 2. The lowest BCUT2D eigenvalue weighted by Crippen LogP contribution is -2.44. The van der Waals surface area contributed by atoms with Crippen LogP contribution in [0.3, 0.4) is 0 Å². The van der Waals surface area contributed by atoms with E-state index in [0.29, 0.717) is 5.41 Å². The molecule has 100 valence electrons. The van der Waals surface area contributed by atoms with Gasteiger partial charge in [0.1, 0.15) is 0 Å². The van der Waals surface area contributed by atoms with Crippen molar-refractivity contribution in [1.29, 1.82) is 0 Å². The summed E-state index contributed by atoms with van der Waals surface area (Å²) in [5, 5.41) is 6.92. The van der Waals surface area contributed by atoms with Crippen molar-refractivity contribution in [3.63, 3.8) is 0 Å². The van der Waals surface area contributed by atoms with Crippen LogP contribution in [0, 0.1) is 5.41 Å². The molecule has 0 aliphatic heterocycles. The summed E-state index contributed by atoms with van der Waals surface area (Å²) >= 11 is 1.89. The lowest BCUT2D eigenvalue weighted by molar-refractivity contribution is 0.151. The molecular formula is C15H24N2S. The maximum Gasteiger partial charge on any atom is 0.0341 e. The van der Waals surface area contributed by atoms with E-state index in [2.05, 4.69) is 48.9 Å². The highest BCUT2D eigenvalue weighted by molar-refractivity contribution is 7.99. The minimum Gasteiger partial charge on any atom is -0.384 e. The number of hydrogen-bond acceptors (Lipinski definition) is 3. The van der Waals surface area contributed by atoms with E-state index in [1.54, 1.807) is 0 Å². The van der Waals surface area contributed by atoms with Crippen LogP contribution in [0.15, 0.2) is 29.2 Å².